The molecule has 0 bridgehead atoms. The molecule has 96 valence electrons. The van der Waals surface area contributed by atoms with Gasteiger partial charge < -0.3 is 10.5 Å². The van der Waals surface area contributed by atoms with E-state index in [0.29, 0.717) is 0 Å². The van der Waals surface area contributed by atoms with Crippen LogP contribution >= 0.6 is 11.3 Å². The molecule has 2 N–H and O–H groups in total. The highest BCUT2D eigenvalue weighted by Gasteiger charge is 2.11. The Morgan fingerprint density at radius 1 is 1.22 bits per heavy atom. The average Bonchev–Trinajstić information content (AvgIpc) is 2.75. The zero-order valence-electron chi connectivity index (χ0n) is 10.9. The van der Waals surface area contributed by atoms with Gasteiger partial charge in [0.15, 0.2) is 0 Å². The molecule has 0 aliphatic heterocycles. The van der Waals surface area contributed by atoms with E-state index in [-0.39, 0.29) is 12.1 Å². The van der Waals surface area contributed by atoms with Gasteiger partial charge >= 0.3 is 0 Å². The van der Waals surface area contributed by atoms with Crippen molar-refractivity contribution >= 4 is 11.3 Å². The number of nitrogens with zero attached hydrogens (tertiary/aromatic N) is 1. The van der Waals surface area contributed by atoms with Crippen LogP contribution < -0.4 is 10.5 Å². The van der Waals surface area contributed by atoms with Crippen molar-refractivity contribution in [3.8, 4) is 5.75 Å². The molecule has 1 unspecified atom stereocenters. The summed E-state index contributed by atoms with van der Waals surface area (Å²) in [7, 11) is 0. The van der Waals surface area contributed by atoms with Gasteiger partial charge in [-0.3, -0.25) is 0 Å². The summed E-state index contributed by atoms with van der Waals surface area (Å²) in [4.78, 5) is 5.32. The van der Waals surface area contributed by atoms with Gasteiger partial charge in [-0.25, -0.2) is 4.98 Å². The smallest absolute Gasteiger partial charge is 0.119 e. The maximum atomic E-state index is 6.21. The molecule has 0 aliphatic rings. The molecule has 4 heteroatoms. The number of hydrogen-bond acceptors (Lipinski definition) is 4. The van der Waals surface area contributed by atoms with Crippen LogP contribution in [-0.2, 0) is 0 Å². The van der Waals surface area contributed by atoms with Crippen molar-refractivity contribution in [1.29, 1.82) is 0 Å². The number of ether oxygens (including phenoxy) is 1. The maximum Gasteiger partial charge on any atom is 0.119 e. The normalized spacial score (nSPS) is 12.7. The van der Waals surface area contributed by atoms with Crippen molar-refractivity contribution in [2.45, 2.75) is 32.9 Å². The minimum atomic E-state index is -0.107. The van der Waals surface area contributed by atoms with E-state index in [0.717, 1.165) is 21.2 Å². The highest BCUT2D eigenvalue weighted by Crippen LogP contribution is 2.26. The fourth-order valence-electron chi connectivity index (χ4n) is 1.71. The monoisotopic (exact) mass is 262 g/mol. The van der Waals surface area contributed by atoms with Crippen LogP contribution in [0, 0.1) is 6.92 Å². The number of aryl methyl sites for hydroxylation is 1. The molecule has 0 spiro atoms. The molecule has 0 saturated heterocycles. The fourth-order valence-corrected chi connectivity index (χ4v) is 2.53. The van der Waals surface area contributed by atoms with Gasteiger partial charge in [-0.15, -0.1) is 11.3 Å². The third-order valence-electron chi connectivity index (χ3n) is 2.56. The SMILES string of the molecule is Cc1ncc(C(N)c2ccc(OC(C)C)cc2)s1. The number of benzene rings is 1. The predicted octanol–water partition coefficient (Wildman–Crippen LogP) is 3.29. The zero-order chi connectivity index (χ0) is 13.1. The third kappa shape index (κ3) is 3.09. The van der Waals surface area contributed by atoms with E-state index in [9.17, 15) is 0 Å². The first-order valence-corrected chi connectivity index (χ1v) is 6.82. The van der Waals surface area contributed by atoms with Gasteiger partial charge in [0.2, 0.25) is 0 Å². The first-order chi connectivity index (χ1) is 8.56. The topological polar surface area (TPSA) is 48.1 Å². The van der Waals surface area contributed by atoms with Crippen molar-refractivity contribution in [3.63, 3.8) is 0 Å². The molecule has 1 aromatic carbocycles. The standard InChI is InChI=1S/C14H18N2OS/c1-9(2)17-12-6-4-11(5-7-12)14(15)13-8-16-10(3)18-13/h4-9,14H,15H2,1-3H3. The first kappa shape index (κ1) is 13.1. The summed E-state index contributed by atoms with van der Waals surface area (Å²) in [6.45, 7) is 6.01. The second-order valence-electron chi connectivity index (χ2n) is 4.49. The quantitative estimate of drug-likeness (QED) is 0.919. The average molecular weight is 262 g/mol. The Balaban J connectivity index is 2.14. The molecule has 1 atom stereocenters. The molecule has 1 heterocycles. The summed E-state index contributed by atoms with van der Waals surface area (Å²) < 4.78 is 5.61. The lowest BCUT2D eigenvalue weighted by molar-refractivity contribution is 0.242. The van der Waals surface area contributed by atoms with E-state index in [4.69, 9.17) is 10.5 Å². The lowest BCUT2D eigenvalue weighted by Gasteiger charge is -2.12. The van der Waals surface area contributed by atoms with E-state index < -0.39 is 0 Å². The molecule has 0 saturated carbocycles. The third-order valence-corrected chi connectivity index (χ3v) is 3.55. The number of aromatic nitrogens is 1. The maximum absolute atomic E-state index is 6.21. The van der Waals surface area contributed by atoms with E-state index in [2.05, 4.69) is 4.98 Å². The summed E-state index contributed by atoms with van der Waals surface area (Å²) in [6.07, 6.45) is 2.04. The van der Waals surface area contributed by atoms with Crippen molar-refractivity contribution in [3.05, 3.63) is 45.9 Å². The first-order valence-electron chi connectivity index (χ1n) is 6.01. The highest BCUT2D eigenvalue weighted by atomic mass is 32.1. The van der Waals surface area contributed by atoms with Crippen LogP contribution in [0.5, 0.6) is 5.75 Å². The van der Waals surface area contributed by atoms with Gasteiger partial charge in [0.1, 0.15) is 5.75 Å². The molecule has 0 radical (unpaired) electrons. The second kappa shape index (κ2) is 5.50. The summed E-state index contributed by atoms with van der Waals surface area (Å²) in [5.41, 5.74) is 7.29. The van der Waals surface area contributed by atoms with Gasteiger partial charge in [0.05, 0.1) is 17.2 Å². The minimum absolute atomic E-state index is 0.107. The summed E-state index contributed by atoms with van der Waals surface area (Å²) >= 11 is 1.64. The minimum Gasteiger partial charge on any atom is -0.491 e. The lowest BCUT2D eigenvalue weighted by atomic mass is 10.1. The molecule has 2 rings (SSSR count). The van der Waals surface area contributed by atoms with E-state index in [1.54, 1.807) is 11.3 Å². The highest BCUT2D eigenvalue weighted by molar-refractivity contribution is 7.11. The Morgan fingerprint density at radius 3 is 2.39 bits per heavy atom. The summed E-state index contributed by atoms with van der Waals surface area (Å²) in [5, 5.41) is 1.04. The second-order valence-corrected chi connectivity index (χ2v) is 5.76. The Hall–Kier alpha value is -1.39. The summed E-state index contributed by atoms with van der Waals surface area (Å²) in [5.74, 6) is 0.876. The Kier molecular flexibility index (Phi) is 3.99. The Morgan fingerprint density at radius 2 is 1.89 bits per heavy atom. The number of hydrogen-bond donors (Lipinski definition) is 1. The molecule has 2 aromatic rings. The molecule has 18 heavy (non-hydrogen) atoms. The van der Waals surface area contributed by atoms with Crippen LogP contribution in [0.15, 0.2) is 30.5 Å². The van der Waals surface area contributed by atoms with Gasteiger partial charge in [-0.05, 0) is 38.5 Å². The van der Waals surface area contributed by atoms with Gasteiger partial charge in [-0.1, -0.05) is 12.1 Å². The molecule has 0 fully saturated rings. The molecule has 0 aliphatic carbocycles. The number of thiazole rings is 1. The Labute approximate surface area is 112 Å². The lowest BCUT2D eigenvalue weighted by Crippen LogP contribution is -2.10. The van der Waals surface area contributed by atoms with Gasteiger partial charge in [0.25, 0.3) is 0 Å². The molecule has 0 amide bonds. The van der Waals surface area contributed by atoms with E-state index in [1.807, 2.05) is 51.2 Å². The van der Waals surface area contributed by atoms with Gasteiger partial charge in [0, 0.05) is 11.1 Å². The molecular formula is C14H18N2OS. The number of rotatable bonds is 4. The fraction of sp³-hybridized carbons (Fsp3) is 0.357. The van der Waals surface area contributed by atoms with Crippen LogP contribution in [0.25, 0.3) is 0 Å². The predicted molar refractivity (Wildman–Crippen MR) is 75.1 cm³/mol. The van der Waals surface area contributed by atoms with Crippen molar-refractivity contribution in [2.75, 3.05) is 0 Å². The zero-order valence-corrected chi connectivity index (χ0v) is 11.7. The van der Waals surface area contributed by atoms with Crippen molar-refractivity contribution in [1.82, 2.24) is 4.98 Å². The molecule has 3 nitrogen and oxygen atoms in total. The van der Waals surface area contributed by atoms with Crippen molar-refractivity contribution < 1.29 is 4.74 Å². The largest absolute Gasteiger partial charge is 0.491 e. The van der Waals surface area contributed by atoms with Crippen LogP contribution in [0.1, 0.15) is 35.3 Å². The van der Waals surface area contributed by atoms with Crippen LogP contribution in [0.3, 0.4) is 0 Å². The number of nitrogens with two attached hydrogens (primary N) is 1. The van der Waals surface area contributed by atoms with Crippen molar-refractivity contribution in [2.24, 2.45) is 5.73 Å². The molecular weight excluding hydrogens is 244 g/mol. The van der Waals surface area contributed by atoms with Crippen LogP contribution in [-0.4, -0.2) is 11.1 Å². The van der Waals surface area contributed by atoms with E-state index >= 15 is 0 Å². The Bertz CT molecular complexity index is 505. The van der Waals surface area contributed by atoms with Crippen LogP contribution in [0.2, 0.25) is 0 Å². The summed E-state index contributed by atoms with van der Waals surface area (Å²) in [6, 6.07) is 7.84. The van der Waals surface area contributed by atoms with Gasteiger partial charge in [-0.2, -0.15) is 0 Å². The van der Waals surface area contributed by atoms with Crippen LogP contribution in [0.4, 0.5) is 0 Å². The molecule has 1 aromatic heterocycles. The van der Waals surface area contributed by atoms with E-state index in [1.165, 1.54) is 0 Å².